The van der Waals surface area contributed by atoms with Crippen LogP contribution in [0, 0.1) is 5.82 Å². The number of esters is 1. The van der Waals surface area contributed by atoms with E-state index >= 15 is 0 Å². The second-order valence-electron chi connectivity index (χ2n) is 6.46. The lowest BCUT2D eigenvalue weighted by Gasteiger charge is -2.22. The van der Waals surface area contributed by atoms with E-state index < -0.39 is 29.8 Å². The first-order valence-electron chi connectivity index (χ1n) is 9.07. The van der Waals surface area contributed by atoms with Gasteiger partial charge in [0.25, 0.3) is 5.91 Å². The van der Waals surface area contributed by atoms with E-state index in [9.17, 15) is 14.0 Å². The molecule has 1 aliphatic rings. The summed E-state index contributed by atoms with van der Waals surface area (Å²) in [4.78, 5) is 26.2. The van der Waals surface area contributed by atoms with Crippen LogP contribution in [0.3, 0.4) is 0 Å². The SMILES string of the molecule is COC(=O)C1CC(Oc2ccccc2F)CN1C(=O)COc1ccc(OC)cc1. The number of hydrogen-bond acceptors (Lipinski definition) is 6. The van der Waals surface area contributed by atoms with Gasteiger partial charge in [-0.25, -0.2) is 9.18 Å². The first-order chi connectivity index (χ1) is 14.0. The van der Waals surface area contributed by atoms with Crippen molar-refractivity contribution in [3.8, 4) is 17.2 Å². The predicted octanol–water partition coefficient (Wildman–Crippen LogP) is 2.43. The highest BCUT2D eigenvalue weighted by molar-refractivity contribution is 5.86. The highest BCUT2D eigenvalue weighted by atomic mass is 19.1. The molecule has 154 valence electrons. The fraction of sp³-hybridized carbons (Fsp3) is 0.333. The first kappa shape index (κ1) is 20.4. The van der Waals surface area contributed by atoms with Gasteiger partial charge in [0.15, 0.2) is 18.2 Å². The number of carbonyl (C=O) groups is 2. The van der Waals surface area contributed by atoms with Gasteiger partial charge in [0, 0.05) is 6.42 Å². The summed E-state index contributed by atoms with van der Waals surface area (Å²) in [5, 5.41) is 0. The number of nitrogens with zero attached hydrogens (tertiary/aromatic N) is 1. The molecule has 2 atom stereocenters. The molecule has 2 aromatic rings. The van der Waals surface area contributed by atoms with Crippen molar-refractivity contribution in [3.63, 3.8) is 0 Å². The highest BCUT2D eigenvalue weighted by Crippen LogP contribution is 2.26. The van der Waals surface area contributed by atoms with E-state index in [2.05, 4.69) is 0 Å². The van der Waals surface area contributed by atoms with Crippen LogP contribution in [0.15, 0.2) is 48.5 Å². The maximum absolute atomic E-state index is 13.9. The van der Waals surface area contributed by atoms with Gasteiger partial charge in [-0.15, -0.1) is 0 Å². The Bertz CT molecular complexity index is 857. The van der Waals surface area contributed by atoms with Crippen molar-refractivity contribution in [2.45, 2.75) is 18.6 Å². The minimum Gasteiger partial charge on any atom is -0.497 e. The molecule has 29 heavy (non-hydrogen) atoms. The zero-order chi connectivity index (χ0) is 20.8. The van der Waals surface area contributed by atoms with Gasteiger partial charge in [0.05, 0.1) is 20.8 Å². The summed E-state index contributed by atoms with van der Waals surface area (Å²) >= 11 is 0. The van der Waals surface area contributed by atoms with Crippen LogP contribution in [-0.2, 0) is 14.3 Å². The summed E-state index contributed by atoms with van der Waals surface area (Å²) in [6.07, 6.45) is -0.337. The van der Waals surface area contributed by atoms with Crippen LogP contribution < -0.4 is 14.2 Å². The molecule has 1 heterocycles. The van der Waals surface area contributed by atoms with E-state index in [0.29, 0.717) is 11.5 Å². The minimum atomic E-state index is -0.816. The zero-order valence-corrected chi connectivity index (χ0v) is 16.2. The third kappa shape index (κ3) is 4.96. The summed E-state index contributed by atoms with van der Waals surface area (Å²) in [5.74, 6) is -0.216. The van der Waals surface area contributed by atoms with Gasteiger partial charge in [-0.1, -0.05) is 12.1 Å². The molecule has 0 spiro atoms. The summed E-state index contributed by atoms with van der Waals surface area (Å²) in [6.45, 7) is -0.134. The summed E-state index contributed by atoms with van der Waals surface area (Å²) in [7, 11) is 2.81. The number of likely N-dealkylation sites (tertiary alicyclic amines) is 1. The second-order valence-corrected chi connectivity index (χ2v) is 6.46. The van der Waals surface area contributed by atoms with Crippen molar-refractivity contribution in [3.05, 3.63) is 54.3 Å². The van der Waals surface area contributed by atoms with Gasteiger partial charge >= 0.3 is 5.97 Å². The standard InChI is InChI=1S/C21H22FNO6/c1-26-14-7-9-15(10-8-14)28-13-20(24)23-12-16(11-18(23)21(25)27-2)29-19-6-4-3-5-17(19)22/h3-10,16,18H,11-13H2,1-2H3. The van der Waals surface area contributed by atoms with Crippen molar-refractivity contribution < 1.29 is 32.9 Å². The molecule has 3 rings (SSSR count). The van der Waals surface area contributed by atoms with E-state index in [0.717, 1.165) is 0 Å². The van der Waals surface area contributed by atoms with E-state index in [4.69, 9.17) is 18.9 Å². The molecule has 8 heteroatoms. The molecule has 0 saturated carbocycles. The molecule has 0 aromatic heterocycles. The maximum Gasteiger partial charge on any atom is 0.328 e. The van der Waals surface area contributed by atoms with Crippen molar-refractivity contribution in [2.24, 2.45) is 0 Å². The number of halogens is 1. The van der Waals surface area contributed by atoms with Crippen LogP contribution in [-0.4, -0.2) is 56.3 Å². The fourth-order valence-corrected chi connectivity index (χ4v) is 3.14. The van der Waals surface area contributed by atoms with E-state index in [1.54, 1.807) is 43.5 Å². The Hall–Kier alpha value is -3.29. The van der Waals surface area contributed by atoms with Gasteiger partial charge in [-0.3, -0.25) is 4.79 Å². The zero-order valence-electron chi connectivity index (χ0n) is 16.2. The molecular formula is C21H22FNO6. The second kappa shape index (κ2) is 9.27. The number of rotatable bonds is 7. The average Bonchev–Trinajstić information content (AvgIpc) is 3.17. The van der Waals surface area contributed by atoms with Gasteiger partial charge < -0.3 is 23.8 Å². The van der Waals surface area contributed by atoms with Crippen LogP contribution >= 0.6 is 0 Å². The topological polar surface area (TPSA) is 74.3 Å². The fourth-order valence-electron chi connectivity index (χ4n) is 3.14. The predicted molar refractivity (Wildman–Crippen MR) is 101 cm³/mol. The average molecular weight is 403 g/mol. The van der Waals surface area contributed by atoms with Crippen LogP contribution in [0.4, 0.5) is 4.39 Å². The minimum absolute atomic E-state index is 0.0740. The van der Waals surface area contributed by atoms with E-state index in [1.165, 1.54) is 24.1 Å². The number of methoxy groups -OCH3 is 2. The highest BCUT2D eigenvalue weighted by Gasteiger charge is 2.41. The van der Waals surface area contributed by atoms with Crippen LogP contribution in [0.25, 0.3) is 0 Å². The lowest BCUT2D eigenvalue weighted by molar-refractivity contribution is -0.151. The van der Waals surface area contributed by atoms with Crippen molar-refractivity contribution >= 4 is 11.9 Å². The number of ether oxygens (including phenoxy) is 4. The van der Waals surface area contributed by atoms with Gasteiger partial charge in [0.2, 0.25) is 0 Å². The molecule has 1 amide bonds. The number of amides is 1. The maximum atomic E-state index is 13.9. The Morgan fingerprint density at radius 2 is 1.76 bits per heavy atom. The lowest BCUT2D eigenvalue weighted by Crippen LogP contribution is -2.43. The summed E-state index contributed by atoms with van der Waals surface area (Å²) in [6, 6.07) is 12.0. The molecule has 7 nitrogen and oxygen atoms in total. The Balaban J connectivity index is 1.65. The third-order valence-corrected chi connectivity index (χ3v) is 4.61. The molecule has 1 aliphatic heterocycles. The molecule has 2 aromatic carbocycles. The molecular weight excluding hydrogens is 381 g/mol. The van der Waals surface area contributed by atoms with E-state index in [1.807, 2.05) is 0 Å². The van der Waals surface area contributed by atoms with E-state index in [-0.39, 0.29) is 25.3 Å². The van der Waals surface area contributed by atoms with Gasteiger partial charge in [-0.2, -0.15) is 0 Å². The molecule has 1 fully saturated rings. The lowest BCUT2D eigenvalue weighted by atomic mass is 10.2. The van der Waals surface area contributed by atoms with Gasteiger partial charge in [0.1, 0.15) is 23.6 Å². The Morgan fingerprint density at radius 3 is 2.41 bits per heavy atom. The molecule has 1 saturated heterocycles. The number of para-hydroxylation sites is 1. The van der Waals surface area contributed by atoms with Crippen LogP contribution in [0.2, 0.25) is 0 Å². The number of hydrogen-bond donors (Lipinski definition) is 0. The molecule has 0 bridgehead atoms. The van der Waals surface area contributed by atoms with Crippen molar-refractivity contribution in [1.82, 2.24) is 4.90 Å². The van der Waals surface area contributed by atoms with Crippen molar-refractivity contribution in [2.75, 3.05) is 27.4 Å². The van der Waals surface area contributed by atoms with Crippen molar-refractivity contribution in [1.29, 1.82) is 0 Å². The molecule has 0 N–H and O–H groups in total. The Labute approximate surface area is 167 Å². The molecule has 0 aliphatic carbocycles. The number of carbonyl (C=O) groups excluding carboxylic acids is 2. The summed E-state index contributed by atoms with van der Waals surface area (Å²) < 4.78 is 34.9. The monoisotopic (exact) mass is 403 g/mol. The smallest absolute Gasteiger partial charge is 0.328 e. The number of benzene rings is 2. The van der Waals surface area contributed by atoms with Crippen LogP contribution in [0.1, 0.15) is 6.42 Å². The quantitative estimate of drug-likeness (QED) is 0.661. The summed E-state index contributed by atoms with van der Waals surface area (Å²) in [5.41, 5.74) is 0. The third-order valence-electron chi connectivity index (χ3n) is 4.61. The Kier molecular flexibility index (Phi) is 6.54. The molecule has 0 radical (unpaired) electrons. The Morgan fingerprint density at radius 1 is 1.07 bits per heavy atom. The largest absolute Gasteiger partial charge is 0.497 e. The molecule has 2 unspecified atom stereocenters. The van der Waals surface area contributed by atoms with Crippen LogP contribution in [0.5, 0.6) is 17.2 Å². The first-order valence-corrected chi connectivity index (χ1v) is 9.07. The van der Waals surface area contributed by atoms with Gasteiger partial charge in [-0.05, 0) is 36.4 Å². The normalized spacial score (nSPS) is 18.2.